The predicted molar refractivity (Wildman–Crippen MR) is 74.1 cm³/mol. The second kappa shape index (κ2) is 6.07. The van der Waals surface area contributed by atoms with Crippen molar-refractivity contribution in [3.8, 4) is 0 Å². The lowest BCUT2D eigenvalue weighted by atomic mass is 9.92. The molecule has 1 saturated carbocycles. The first-order chi connectivity index (χ1) is 7.74. The monoisotopic (exact) mass is 300 g/mol. The summed E-state index contributed by atoms with van der Waals surface area (Å²) in [6.07, 6.45) is 7.60. The molecule has 0 N–H and O–H groups in total. The van der Waals surface area contributed by atoms with Gasteiger partial charge in [0.25, 0.3) is 0 Å². The first-order valence-electron chi connectivity index (χ1n) is 6.12. The third-order valence-electron chi connectivity index (χ3n) is 3.41. The van der Waals surface area contributed by atoms with E-state index in [2.05, 4.69) is 40.2 Å². The van der Waals surface area contributed by atoms with Crippen LogP contribution in [-0.2, 0) is 6.42 Å². The topological polar surface area (TPSA) is 0 Å². The Hall–Kier alpha value is -0.0100. The Bertz CT molecular complexity index is 320. The van der Waals surface area contributed by atoms with Crippen LogP contribution in [-0.4, -0.2) is 5.38 Å². The van der Waals surface area contributed by atoms with Crippen molar-refractivity contribution in [3.05, 3.63) is 34.3 Å². The van der Waals surface area contributed by atoms with Gasteiger partial charge in [-0.2, -0.15) is 0 Å². The van der Waals surface area contributed by atoms with Gasteiger partial charge in [0.2, 0.25) is 0 Å². The lowest BCUT2D eigenvalue weighted by Gasteiger charge is -2.16. The fraction of sp³-hybridized carbons (Fsp3) is 0.571. The third kappa shape index (κ3) is 3.78. The van der Waals surface area contributed by atoms with Crippen molar-refractivity contribution in [1.29, 1.82) is 0 Å². The number of alkyl halides is 1. The SMILES string of the molecule is ClC1CCCCC(Cc2ccc(Br)cc2)C1. The highest BCUT2D eigenvalue weighted by molar-refractivity contribution is 9.10. The summed E-state index contributed by atoms with van der Waals surface area (Å²) in [6.45, 7) is 0. The van der Waals surface area contributed by atoms with Crippen LogP contribution in [0.2, 0.25) is 0 Å². The van der Waals surface area contributed by atoms with Crippen molar-refractivity contribution in [1.82, 2.24) is 0 Å². The highest BCUT2D eigenvalue weighted by Gasteiger charge is 2.18. The molecule has 2 unspecified atom stereocenters. The third-order valence-corrected chi connectivity index (χ3v) is 4.33. The van der Waals surface area contributed by atoms with E-state index in [1.54, 1.807) is 0 Å². The molecule has 1 aromatic rings. The van der Waals surface area contributed by atoms with Gasteiger partial charge in [0, 0.05) is 9.85 Å². The lowest BCUT2D eigenvalue weighted by molar-refractivity contribution is 0.460. The molecule has 0 radical (unpaired) electrons. The molecular weight excluding hydrogens is 284 g/mol. The smallest absolute Gasteiger partial charge is 0.0338 e. The van der Waals surface area contributed by atoms with Crippen LogP contribution in [0.1, 0.15) is 37.7 Å². The van der Waals surface area contributed by atoms with Crippen LogP contribution in [0.25, 0.3) is 0 Å². The summed E-state index contributed by atoms with van der Waals surface area (Å²) in [4.78, 5) is 0. The quantitative estimate of drug-likeness (QED) is 0.521. The summed E-state index contributed by atoms with van der Waals surface area (Å²) in [7, 11) is 0. The summed E-state index contributed by atoms with van der Waals surface area (Å²) < 4.78 is 1.16. The van der Waals surface area contributed by atoms with E-state index in [0.717, 1.165) is 10.4 Å². The molecule has 0 heterocycles. The van der Waals surface area contributed by atoms with Gasteiger partial charge in [-0.25, -0.2) is 0 Å². The number of hydrogen-bond acceptors (Lipinski definition) is 0. The van der Waals surface area contributed by atoms with Gasteiger partial charge in [-0.3, -0.25) is 0 Å². The summed E-state index contributed by atoms with van der Waals surface area (Å²) in [5.41, 5.74) is 1.44. The maximum Gasteiger partial charge on any atom is 0.0338 e. The lowest BCUT2D eigenvalue weighted by Crippen LogP contribution is -2.08. The van der Waals surface area contributed by atoms with E-state index < -0.39 is 0 Å². The van der Waals surface area contributed by atoms with Gasteiger partial charge >= 0.3 is 0 Å². The molecule has 88 valence electrons. The Balaban J connectivity index is 1.95. The van der Waals surface area contributed by atoms with Crippen molar-refractivity contribution in [3.63, 3.8) is 0 Å². The first kappa shape index (κ1) is 12.4. The second-order valence-corrected chi connectivity index (χ2v) is 6.35. The van der Waals surface area contributed by atoms with Crippen LogP contribution in [0.5, 0.6) is 0 Å². The number of halogens is 2. The molecular formula is C14H18BrCl. The van der Waals surface area contributed by atoms with Gasteiger partial charge in [-0.15, -0.1) is 11.6 Å². The Labute approximate surface area is 112 Å². The molecule has 2 heteroatoms. The zero-order valence-electron chi connectivity index (χ0n) is 9.46. The molecule has 2 atom stereocenters. The molecule has 1 aliphatic carbocycles. The van der Waals surface area contributed by atoms with Crippen molar-refractivity contribution in [2.75, 3.05) is 0 Å². The van der Waals surface area contributed by atoms with Crippen LogP contribution in [0.3, 0.4) is 0 Å². The molecule has 0 nitrogen and oxygen atoms in total. The van der Waals surface area contributed by atoms with Crippen molar-refractivity contribution >= 4 is 27.5 Å². The molecule has 0 saturated heterocycles. The van der Waals surface area contributed by atoms with Gasteiger partial charge in [-0.05, 0) is 42.9 Å². The number of rotatable bonds is 2. The Morgan fingerprint density at radius 1 is 1.12 bits per heavy atom. The molecule has 16 heavy (non-hydrogen) atoms. The van der Waals surface area contributed by atoms with Crippen LogP contribution >= 0.6 is 27.5 Å². The fourth-order valence-corrected chi connectivity index (χ4v) is 3.21. The van der Waals surface area contributed by atoms with Crippen molar-refractivity contribution in [2.45, 2.75) is 43.9 Å². The van der Waals surface area contributed by atoms with E-state index in [1.165, 1.54) is 44.1 Å². The highest BCUT2D eigenvalue weighted by Crippen LogP contribution is 2.29. The van der Waals surface area contributed by atoms with Crippen LogP contribution in [0.4, 0.5) is 0 Å². The average molecular weight is 302 g/mol. The number of hydrogen-bond donors (Lipinski definition) is 0. The van der Waals surface area contributed by atoms with E-state index in [4.69, 9.17) is 11.6 Å². The predicted octanol–water partition coefficient (Wildman–Crippen LogP) is 5.18. The van der Waals surface area contributed by atoms with E-state index >= 15 is 0 Å². The molecule has 1 aromatic carbocycles. The zero-order valence-corrected chi connectivity index (χ0v) is 11.8. The molecule has 1 fully saturated rings. The standard InChI is InChI=1S/C14H18BrCl/c15-13-7-5-11(6-8-13)9-12-3-1-2-4-14(16)10-12/h5-8,12,14H,1-4,9-10H2. The van der Waals surface area contributed by atoms with Crippen molar-refractivity contribution in [2.24, 2.45) is 5.92 Å². The Morgan fingerprint density at radius 3 is 2.56 bits per heavy atom. The second-order valence-electron chi connectivity index (χ2n) is 4.81. The average Bonchev–Trinajstić information content (AvgIpc) is 2.46. The minimum absolute atomic E-state index is 0.406. The van der Waals surface area contributed by atoms with E-state index in [0.29, 0.717) is 5.38 Å². The van der Waals surface area contributed by atoms with E-state index in [1.807, 2.05) is 0 Å². The summed E-state index contributed by atoms with van der Waals surface area (Å²) in [5, 5.41) is 0.406. The number of benzene rings is 1. The maximum atomic E-state index is 6.30. The largest absolute Gasteiger partial charge is 0.123 e. The van der Waals surface area contributed by atoms with Gasteiger partial charge in [0.15, 0.2) is 0 Å². The van der Waals surface area contributed by atoms with E-state index in [9.17, 15) is 0 Å². The van der Waals surface area contributed by atoms with Crippen LogP contribution in [0.15, 0.2) is 28.7 Å². The molecule has 1 aliphatic rings. The van der Waals surface area contributed by atoms with Crippen LogP contribution in [0, 0.1) is 5.92 Å². The van der Waals surface area contributed by atoms with Gasteiger partial charge in [-0.1, -0.05) is 47.3 Å². The van der Waals surface area contributed by atoms with Gasteiger partial charge < -0.3 is 0 Å². The van der Waals surface area contributed by atoms with Crippen molar-refractivity contribution < 1.29 is 0 Å². The first-order valence-corrected chi connectivity index (χ1v) is 7.35. The summed E-state index contributed by atoms with van der Waals surface area (Å²) in [6, 6.07) is 8.70. The molecule has 0 bridgehead atoms. The van der Waals surface area contributed by atoms with E-state index in [-0.39, 0.29) is 0 Å². The van der Waals surface area contributed by atoms with Gasteiger partial charge in [0.05, 0.1) is 0 Å². The Morgan fingerprint density at radius 2 is 1.81 bits per heavy atom. The van der Waals surface area contributed by atoms with Crippen LogP contribution < -0.4 is 0 Å². The fourth-order valence-electron chi connectivity index (χ4n) is 2.54. The van der Waals surface area contributed by atoms with Gasteiger partial charge in [0.1, 0.15) is 0 Å². The molecule has 0 aliphatic heterocycles. The Kier molecular flexibility index (Phi) is 4.72. The maximum absolute atomic E-state index is 6.30. The molecule has 0 spiro atoms. The minimum atomic E-state index is 0.406. The summed E-state index contributed by atoms with van der Waals surface area (Å²) in [5.74, 6) is 0.783. The summed E-state index contributed by atoms with van der Waals surface area (Å²) >= 11 is 9.77. The minimum Gasteiger partial charge on any atom is -0.123 e. The molecule has 0 amide bonds. The highest BCUT2D eigenvalue weighted by atomic mass is 79.9. The molecule has 2 rings (SSSR count). The zero-order chi connectivity index (χ0) is 11.4. The molecule has 0 aromatic heterocycles. The normalized spacial score (nSPS) is 26.4.